The third-order valence-electron chi connectivity index (χ3n) is 4.83. The monoisotopic (exact) mass is 342 g/mol. The smallest absolute Gasteiger partial charge is 0.142 e. The lowest BCUT2D eigenvalue weighted by Gasteiger charge is -2.35. The number of piperidine rings is 1. The normalized spacial score (nSPS) is 17.3. The topological polar surface area (TPSA) is 65.0 Å². The van der Waals surface area contributed by atoms with E-state index in [1.54, 1.807) is 6.33 Å². The molecule has 3 heterocycles. The van der Waals surface area contributed by atoms with Crippen molar-refractivity contribution in [2.24, 2.45) is 5.92 Å². The molecule has 2 aromatic heterocycles. The van der Waals surface area contributed by atoms with Gasteiger partial charge >= 0.3 is 0 Å². The number of aromatic amines is 1. The van der Waals surface area contributed by atoms with E-state index in [1.807, 2.05) is 36.5 Å². The highest BCUT2D eigenvalue weighted by Crippen LogP contribution is 2.33. The summed E-state index contributed by atoms with van der Waals surface area (Å²) in [7, 11) is 0. The van der Waals surface area contributed by atoms with E-state index in [0.29, 0.717) is 5.02 Å². The number of aliphatic hydroxyl groups excluding tert-OH is 1. The summed E-state index contributed by atoms with van der Waals surface area (Å²) in [5.41, 5.74) is 1.80. The van der Waals surface area contributed by atoms with Crippen molar-refractivity contribution in [2.75, 3.05) is 18.0 Å². The van der Waals surface area contributed by atoms with Crippen molar-refractivity contribution in [3.05, 3.63) is 53.4 Å². The number of aliphatic hydroxyl groups is 1. The first-order valence-electron chi connectivity index (χ1n) is 8.19. The van der Waals surface area contributed by atoms with Crippen molar-refractivity contribution in [2.45, 2.75) is 18.9 Å². The first kappa shape index (κ1) is 15.4. The summed E-state index contributed by atoms with van der Waals surface area (Å²) >= 11 is 5.92. The maximum Gasteiger partial charge on any atom is 0.142 e. The molecular weight excluding hydrogens is 324 g/mol. The molecule has 2 N–H and O–H groups in total. The van der Waals surface area contributed by atoms with E-state index in [4.69, 9.17) is 11.6 Å². The van der Waals surface area contributed by atoms with Gasteiger partial charge in [-0.2, -0.15) is 0 Å². The molecule has 0 amide bonds. The lowest BCUT2D eigenvalue weighted by molar-refractivity contribution is 0.0929. The largest absolute Gasteiger partial charge is 0.388 e. The van der Waals surface area contributed by atoms with Crippen molar-refractivity contribution in [1.29, 1.82) is 0 Å². The Morgan fingerprint density at radius 2 is 1.88 bits per heavy atom. The van der Waals surface area contributed by atoms with E-state index in [-0.39, 0.29) is 5.92 Å². The molecular formula is C18H19ClN4O. The van der Waals surface area contributed by atoms with Gasteiger partial charge in [0.25, 0.3) is 0 Å². The van der Waals surface area contributed by atoms with Crippen LogP contribution in [0.2, 0.25) is 5.02 Å². The summed E-state index contributed by atoms with van der Waals surface area (Å²) in [4.78, 5) is 14.1. The molecule has 0 bridgehead atoms. The molecule has 1 saturated heterocycles. The molecule has 24 heavy (non-hydrogen) atoms. The Labute approximate surface area is 145 Å². The Morgan fingerprint density at radius 3 is 2.62 bits per heavy atom. The number of nitrogens with one attached hydrogen (secondary N) is 1. The first-order valence-corrected chi connectivity index (χ1v) is 8.57. The van der Waals surface area contributed by atoms with Gasteiger partial charge in [0.05, 0.1) is 11.5 Å². The van der Waals surface area contributed by atoms with Gasteiger partial charge in [-0.25, -0.2) is 9.97 Å². The van der Waals surface area contributed by atoms with E-state index in [2.05, 4.69) is 19.9 Å². The first-order chi connectivity index (χ1) is 11.7. The Hall–Kier alpha value is -2.11. The number of rotatable bonds is 3. The van der Waals surface area contributed by atoms with Crippen LogP contribution < -0.4 is 4.90 Å². The Morgan fingerprint density at radius 1 is 1.12 bits per heavy atom. The predicted molar refractivity (Wildman–Crippen MR) is 95.2 cm³/mol. The van der Waals surface area contributed by atoms with Crippen molar-refractivity contribution in [3.63, 3.8) is 0 Å². The van der Waals surface area contributed by atoms with E-state index in [9.17, 15) is 5.11 Å². The number of hydrogen-bond acceptors (Lipinski definition) is 4. The van der Waals surface area contributed by atoms with E-state index in [0.717, 1.165) is 48.3 Å². The molecule has 6 heteroatoms. The number of aromatic nitrogens is 3. The van der Waals surface area contributed by atoms with Crippen molar-refractivity contribution in [1.82, 2.24) is 15.0 Å². The molecule has 0 saturated carbocycles. The van der Waals surface area contributed by atoms with Crippen molar-refractivity contribution < 1.29 is 5.11 Å². The van der Waals surface area contributed by atoms with Crippen LogP contribution in [0.5, 0.6) is 0 Å². The highest BCUT2D eigenvalue weighted by Gasteiger charge is 2.27. The van der Waals surface area contributed by atoms with Gasteiger partial charge in [0.1, 0.15) is 17.8 Å². The van der Waals surface area contributed by atoms with Crippen LogP contribution in [0.15, 0.2) is 42.9 Å². The minimum absolute atomic E-state index is 0.256. The molecule has 1 aromatic carbocycles. The highest BCUT2D eigenvalue weighted by atomic mass is 35.5. The third kappa shape index (κ3) is 2.85. The summed E-state index contributed by atoms with van der Waals surface area (Å²) in [6.45, 7) is 1.76. The van der Waals surface area contributed by atoms with Crippen LogP contribution >= 0.6 is 11.6 Å². The molecule has 1 atom stereocenters. The second-order valence-electron chi connectivity index (χ2n) is 6.26. The molecule has 1 aliphatic rings. The van der Waals surface area contributed by atoms with Crippen LogP contribution in [0, 0.1) is 5.92 Å². The van der Waals surface area contributed by atoms with Crippen molar-refractivity contribution in [3.8, 4) is 0 Å². The molecule has 0 radical (unpaired) electrons. The molecule has 4 rings (SSSR count). The summed E-state index contributed by atoms with van der Waals surface area (Å²) in [5.74, 6) is 1.23. The summed E-state index contributed by atoms with van der Waals surface area (Å²) in [6, 6.07) is 9.50. The fraction of sp³-hybridized carbons (Fsp3) is 0.333. The number of benzene rings is 1. The SMILES string of the molecule is OC(c1ccc(Cl)cc1)C1CCN(c2ncnc3[nH]ccc23)CC1. The second-order valence-corrected chi connectivity index (χ2v) is 6.69. The molecule has 5 nitrogen and oxygen atoms in total. The summed E-state index contributed by atoms with van der Waals surface area (Å²) < 4.78 is 0. The molecule has 124 valence electrons. The van der Waals surface area contributed by atoms with Crippen LogP contribution in [0.25, 0.3) is 11.0 Å². The lowest BCUT2D eigenvalue weighted by Crippen LogP contribution is -2.36. The quantitative estimate of drug-likeness (QED) is 0.763. The van der Waals surface area contributed by atoms with Gasteiger partial charge in [0, 0.05) is 24.3 Å². The Kier molecular flexibility index (Phi) is 4.12. The van der Waals surface area contributed by atoms with Crippen LogP contribution in [0.1, 0.15) is 24.5 Å². The second kappa shape index (κ2) is 6.42. The fourth-order valence-corrected chi connectivity index (χ4v) is 3.60. The van der Waals surface area contributed by atoms with Gasteiger partial charge in [0.15, 0.2) is 0 Å². The van der Waals surface area contributed by atoms with E-state index >= 15 is 0 Å². The van der Waals surface area contributed by atoms with Gasteiger partial charge in [-0.15, -0.1) is 0 Å². The zero-order valence-electron chi connectivity index (χ0n) is 13.2. The zero-order valence-corrected chi connectivity index (χ0v) is 13.9. The van der Waals surface area contributed by atoms with Gasteiger partial charge in [0.2, 0.25) is 0 Å². The van der Waals surface area contributed by atoms with Gasteiger partial charge < -0.3 is 15.0 Å². The molecule has 1 unspecified atom stereocenters. The molecule has 3 aromatic rings. The van der Waals surface area contributed by atoms with Crippen LogP contribution in [-0.2, 0) is 0 Å². The molecule has 1 aliphatic heterocycles. The Balaban J connectivity index is 1.47. The zero-order chi connectivity index (χ0) is 16.5. The van der Waals surface area contributed by atoms with Gasteiger partial charge in [-0.05, 0) is 42.5 Å². The molecule has 1 fully saturated rings. The average Bonchev–Trinajstić information content (AvgIpc) is 3.11. The van der Waals surface area contributed by atoms with Crippen LogP contribution in [-0.4, -0.2) is 33.1 Å². The Bertz CT molecular complexity index is 824. The molecule has 0 spiro atoms. The van der Waals surface area contributed by atoms with Gasteiger partial charge in [-0.3, -0.25) is 0 Å². The number of fused-ring (bicyclic) bond motifs is 1. The van der Waals surface area contributed by atoms with Crippen LogP contribution in [0.3, 0.4) is 0 Å². The molecule has 0 aliphatic carbocycles. The number of anilines is 1. The number of hydrogen-bond donors (Lipinski definition) is 2. The maximum atomic E-state index is 10.6. The van der Waals surface area contributed by atoms with Crippen LogP contribution in [0.4, 0.5) is 5.82 Å². The van der Waals surface area contributed by atoms with E-state index in [1.165, 1.54) is 0 Å². The third-order valence-corrected chi connectivity index (χ3v) is 5.08. The minimum Gasteiger partial charge on any atom is -0.388 e. The number of halogens is 1. The van der Waals surface area contributed by atoms with E-state index < -0.39 is 6.10 Å². The fourth-order valence-electron chi connectivity index (χ4n) is 3.47. The standard InChI is InChI=1S/C18H19ClN4O/c19-14-3-1-12(2-4-14)16(24)13-6-9-23(10-7-13)18-15-5-8-20-17(15)21-11-22-18/h1-5,8,11,13,16,24H,6-7,9-10H2,(H,20,21,22). The maximum absolute atomic E-state index is 10.6. The lowest BCUT2D eigenvalue weighted by atomic mass is 9.87. The highest BCUT2D eigenvalue weighted by molar-refractivity contribution is 6.30. The average molecular weight is 343 g/mol. The predicted octanol–water partition coefficient (Wildman–Crippen LogP) is 3.56. The van der Waals surface area contributed by atoms with Gasteiger partial charge in [-0.1, -0.05) is 23.7 Å². The number of H-pyrrole nitrogens is 1. The minimum atomic E-state index is -0.443. The summed E-state index contributed by atoms with van der Waals surface area (Å²) in [6.07, 6.45) is 4.91. The number of nitrogens with zero attached hydrogens (tertiary/aromatic N) is 3. The summed E-state index contributed by atoms with van der Waals surface area (Å²) in [5, 5.41) is 12.4. The van der Waals surface area contributed by atoms with Crippen molar-refractivity contribution >= 4 is 28.5 Å².